The maximum atomic E-state index is 11.3. The molecule has 0 saturated heterocycles. The number of rotatable bonds is 5. The molecule has 0 aliphatic heterocycles. The lowest BCUT2D eigenvalue weighted by atomic mass is 10.2. The van der Waals surface area contributed by atoms with Crippen molar-refractivity contribution < 1.29 is 19.4 Å². The lowest BCUT2D eigenvalue weighted by Crippen LogP contribution is -2.07. The Morgan fingerprint density at radius 1 is 1.00 bits per heavy atom. The monoisotopic (exact) mass is 284 g/mol. The number of carboxylic acid groups (broad SMARTS) is 1. The Bertz CT molecular complexity index is 639. The van der Waals surface area contributed by atoms with Crippen molar-refractivity contribution in [3.8, 4) is 11.5 Å². The first-order valence-electron chi connectivity index (χ1n) is 6.42. The predicted molar refractivity (Wildman–Crippen MR) is 80.4 cm³/mol. The topological polar surface area (TPSA) is 55.8 Å². The van der Waals surface area contributed by atoms with Crippen LogP contribution in [0.5, 0.6) is 11.5 Å². The zero-order chi connectivity index (χ0) is 15.2. The van der Waals surface area contributed by atoms with Gasteiger partial charge in [0.15, 0.2) is 0 Å². The van der Waals surface area contributed by atoms with E-state index in [1.54, 1.807) is 43.5 Å². The summed E-state index contributed by atoms with van der Waals surface area (Å²) < 4.78 is 10.5. The van der Waals surface area contributed by atoms with E-state index in [4.69, 9.17) is 9.47 Å². The molecule has 0 saturated carbocycles. The third-order valence-electron chi connectivity index (χ3n) is 2.87. The van der Waals surface area contributed by atoms with Crippen molar-refractivity contribution >= 4 is 12.0 Å². The fourth-order valence-corrected chi connectivity index (χ4v) is 1.72. The summed E-state index contributed by atoms with van der Waals surface area (Å²) in [7, 11) is 1.58. The van der Waals surface area contributed by atoms with Gasteiger partial charge in [0.25, 0.3) is 0 Å². The molecular weight excluding hydrogens is 268 g/mol. The van der Waals surface area contributed by atoms with Crippen LogP contribution in [0.25, 0.3) is 6.08 Å². The minimum absolute atomic E-state index is 0.135. The number of ether oxygens (including phenoxy) is 2. The number of hydrogen-bond acceptors (Lipinski definition) is 3. The first-order chi connectivity index (χ1) is 10.1. The van der Waals surface area contributed by atoms with Gasteiger partial charge in [-0.15, -0.1) is 0 Å². The molecule has 4 nitrogen and oxygen atoms in total. The molecule has 108 valence electrons. The number of benzene rings is 2. The van der Waals surface area contributed by atoms with Gasteiger partial charge in [-0.1, -0.05) is 29.8 Å². The summed E-state index contributed by atoms with van der Waals surface area (Å²) in [6.45, 7) is 1.95. The van der Waals surface area contributed by atoms with Crippen LogP contribution < -0.4 is 9.47 Å². The Balaban J connectivity index is 2.23. The third kappa shape index (κ3) is 4.11. The number of carbonyl (C=O) groups is 1. The molecule has 2 aromatic rings. The molecular formula is C17H16O4. The standard InChI is InChI=1S/C17H16O4/c1-12-3-7-15(8-4-12)21-16(17(18)19)11-13-5-9-14(20-2)10-6-13/h3-11H,1-2H3,(H,18,19)/b16-11-. The summed E-state index contributed by atoms with van der Waals surface area (Å²) in [6.07, 6.45) is 1.47. The van der Waals surface area contributed by atoms with Crippen LogP contribution in [-0.4, -0.2) is 18.2 Å². The largest absolute Gasteiger partial charge is 0.497 e. The van der Waals surface area contributed by atoms with Crippen molar-refractivity contribution in [1.82, 2.24) is 0 Å². The van der Waals surface area contributed by atoms with Gasteiger partial charge in [0.1, 0.15) is 11.5 Å². The highest BCUT2D eigenvalue weighted by molar-refractivity contribution is 5.90. The molecule has 0 heterocycles. The maximum Gasteiger partial charge on any atom is 0.371 e. The van der Waals surface area contributed by atoms with Crippen LogP contribution in [0.2, 0.25) is 0 Å². The van der Waals surface area contributed by atoms with Crippen LogP contribution in [0.15, 0.2) is 54.3 Å². The Morgan fingerprint density at radius 3 is 2.10 bits per heavy atom. The molecule has 0 unspecified atom stereocenters. The smallest absolute Gasteiger partial charge is 0.371 e. The molecule has 2 aromatic carbocycles. The van der Waals surface area contributed by atoms with Crippen molar-refractivity contribution in [3.63, 3.8) is 0 Å². The summed E-state index contributed by atoms with van der Waals surface area (Å²) in [5.74, 6) is -0.0540. The average molecular weight is 284 g/mol. The number of methoxy groups -OCH3 is 1. The Labute approximate surface area is 123 Å². The molecule has 0 aliphatic rings. The van der Waals surface area contributed by atoms with E-state index in [2.05, 4.69) is 0 Å². The van der Waals surface area contributed by atoms with E-state index in [0.29, 0.717) is 11.5 Å². The van der Waals surface area contributed by atoms with Crippen molar-refractivity contribution in [2.45, 2.75) is 6.92 Å². The predicted octanol–water partition coefficient (Wildman–Crippen LogP) is 3.51. The van der Waals surface area contributed by atoms with Crippen LogP contribution in [0.4, 0.5) is 0 Å². The highest BCUT2D eigenvalue weighted by Gasteiger charge is 2.10. The van der Waals surface area contributed by atoms with Crippen LogP contribution in [0.3, 0.4) is 0 Å². The van der Waals surface area contributed by atoms with E-state index in [0.717, 1.165) is 11.1 Å². The van der Waals surface area contributed by atoms with E-state index in [-0.39, 0.29) is 5.76 Å². The molecule has 0 radical (unpaired) electrons. The first-order valence-corrected chi connectivity index (χ1v) is 6.42. The lowest BCUT2D eigenvalue weighted by Gasteiger charge is -2.07. The van der Waals surface area contributed by atoms with Crippen LogP contribution in [0.1, 0.15) is 11.1 Å². The first kappa shape index (κ1) is 14.7. The summed E-state index contributed by atoms with van der Waals surface area (Å²) in [5, 5.41) is 9.23. The number of carboxylic acids is 1. The van der Waals surface area contributed by atoms with Gasteiger partial charge in [-0.2, -0.15) is 0 Å². The van der Waals surface area contributed by atoms with Gasteiger partial charge in [-0.05, 0) is 42.8 Å². The Kier molecular flexibility index (Phi) is 4.61. The zero-order valence-corrected chi connectivity index (χ0v) is 11.9. The van der Waals surface area contributed by atoms with E-state index < -0.39 is 5.97 Å². The molecule has 0 amide bonds. The summed E-state index contributed by atoms with van der Waals surface area (Å²) in [4.78, 5) is 11.3. The zero-order valence-electron chi connectivity index (χ0n) is 11.9. The second-order valence-electron chi connectivity index (χ2n) is 4.50. The number of aliphatic carboxylic acids is 1. The van der Waals surface area contributed by atoms with Crippen LogP contribution in [0, 0.1) is 6.92 Å². The molecule has 0 fully saturated rings. The van der Waals surface area contributed by atoms with Crippen molar-refractivity contribution in [2.75, 3.05) is 7.11 Å². The molecule has 0 aromatic heterocycles. The van der Waals surface area contributed by atoms with Gasteiger partial charge < -0.3 is 14.6 Å². The summed E-state index contributed by atoms with van der Waals surface area (Å²) >= 11 is 0. The molecule has 0 atom stereocenters. The Morgan fingerprint density at radius 2 is 1.57 bits per heavy atom. The fourth-order valence-electron chi connectivity index (χ4n) is 1.72. The molecule has 4 heteroatoms. The van der Waals surface area contributed by atoms with Gasteiger partial charge in [0, 0.05) is 0 Å². The molecule has 2 rings (SSSR count). The quantitative estimate of drug-likeness (QED) is 0.674. The molecule has 0 bridgehead atoms. The minimum atomic E-state index is -1.12. The Hall–Kier alpha value is -2.75. The summed E-state index contributed by atoms with van der Waals surface area (Å²) in [5.41, 5.74) is 1.80. The summed E-state index contributed by atoms with van der Waals surface area (Å²) in [6, 6.07) is 14.2. The van der Waals surface area contributed by atoms with E-state index in [1.165, 1.54) is 6.08 Å². The highest BCUT2D eigenvalue weighted by atomic mass is 16.5. The second-order valence-corrected chi connectivity index (χ2v) is 4.50. The number of hydrogen-bond donors (Lipinski definition) is 1. The molecule has 0 aliphatic carbocycles. The fraction of sp³-hybridized carbons (Fsp3) is 0.118. The van der Waals surface area contributed by atoms with Crippen molar-refractivity contribution in [3.05, 3.63) is 65.4 Å². The maximum absolute atomic E-state index is 11.3. The highest BCUT2D eigenvalue weighted by Crippen LogP contribution is 2.18. The van der Waals surface area contributed by atoms with Gasteiger partial charge in [0.05, 0.1) is 7.11 Å². The minimum Gasteiger partial charge on any atom is -0.497 e. The third-order valence-corrected chi connectivity index (χ3v) is 2.87. The molecule has 21 heavy (non-hydrogen) atoms. The van der Waals surface area contributed by atoms with Gasteiger partial charge in [0.2, 0.25) is 5.76 Å². The van der Waals surface area contributed by atoms with E-state index in [9.17, 15) is 9.90 Å². The van der Waals surface area contributed by atoms with Crippen molar-refractivity contribution in [2.24, 2.45) is 0 Å². The van der Waals surface area contributed by atoms with Crippen LogP contribution >= 0.6 is 0 Å². The SMILES string of the molecule is COc1ccc(/C=C(\Oc2ccc(C)cc2)C(=O)O)cc1. The molecule has 0 spiro atoms. The van der Waals surface area contributed by atoms with Gasteiger partial charge in [-0.3, -0.25) is 0 Å². The van der Waals surface area contributed by atoms with Crippen LogP contribution in [-0.2, 0) is 4.79 Å². The average Bonchev–Trinajstić information content (AvgIpc) is 2.49. The van der Waals surface area contributed by atoms with Gasteiger partial charge in [-0.25, -0.2) is 4.79 Å². The normalized spacial score (nSPS) is 11.0. The molecule has 1 N–H and O–H groups in total. The van der Waals surface area contributed by atoms with E-state index >= 15 is 0 Å². The van der Waals surface area contributed by atoms with Gasteiger partial charge >= 0.3 is 5.97 Å². The number of aryl methyl sites for hydroxylation is 1. The van der Waals surface area contributed by atoms with Crippen molar-refractivity contribution in [1.29, 1.82) is 0 Å². The van der Waals surface area contributed by atoms with E-state index in [1.807, 2.05) is 19.1 Å². The second kappa shape index (κ2) is 6.61. The lowest BCUT2D eigenvalue weighted by molar-refractivity contribution is -0.134.